The summed E-state index contributed by atoms with van der Waals surface area (Å²) in [4.78, 5) is 5.44. The molecule has 4 heterocycles. The highest BCUT2D eigenvalue weighted by atomic mass is 35.5. The lowest BCUT2D eigenvalue weighted by Crippen LogP contribution is -2.33. The Morgan fingerprint density at radius 1 is 1.20 bits per heavy atom. The summed E-state index contributed by atoms with van der Waals surface area (Å²) in [5, 5.41) is 9.74. The van der Waals surface area contributed by atoms with Crippen LogP contribution in [0.15, 0.2) is 65.3 Å². The van der Waals surface area contributed by atoms with Gasteiger partial charge in [-0.1, -0.05) is 23.7 Å². The van der Waals surface area contributed by atoms with Crippen LogP contribution in [0.3, 0.4) is 0 Å². The quantitative estimate of drug-likeness (QED) is 0.636. The molecule has 5 rings (SSSR count). The van der Waals surface area contributed by atoms with Crippen molar-refractivity contribution >= 4 is 28.6 Å². The average Bonchev–Trinajstić information content (AvgIpc) is 3.31. The predicted molar refractivity (Wildman–Crippen MR) is 99.1 cm³/mol. The molecule has 2 aromatic heterocycles. The molecule has 0 amide bonds. The highest BCUT2D eigenvalue weighted by molar-refractivity contribution is 7.12. The number of fused-ring (bicyclic) bond motifs is 3. The van der Waals surface area contributed by atoms with Crippen molar-refractivity contribution in [2.45, 2.75) is 18.7 Å². The molecule has 2 aliphatic heterocycles. The molecule has 6 heteroatoms. The molecule has 124 valence electrons. The first kappa shape index (κ1) is 14.9. The summed E-state index contributed by atoms with van der Waals surface area (Å²) in [6.45, 7) is 0. The lowest BCUT2D eigenvalue weighted by Gasteiger charge is -2.38. The predicted octanol–water partition coefficient (Wildman–Crippen LogP) is 5.04. The molecule has 0 saturated heterocycles. The number of rotatable bonds is 2. The third-order valence-electron chi connectivity index (χ3n) is 4.53. The topological polar surface area (TPSA) is 37.7 Å². The van der Waals surface area contributed by atoms with Crippen LogP contribution in [0.25, 0.3) is 0 Å². The largest absolute Gasteiger partial charge is 0.464 e. The zero-order valence-electron chi connectivity index (χ0n) is 13.2. The maximum absolute atomic E-state index is 6.28. The lowest BCUT2D eigenvalue weighted by molar-refractivity contribution is -0.0192. The first-order valence-electron chi connectivity index (χ1n) is 8.05. The van der Waals surface area contributed by atoms with Gasteiger partial charge in [0.15, 0.2) is 0 Å². The van der Waals surface area contributed by atoms with E-state index in [1.54, 1.807) is 17.5 Å². The molecule has 0 bridgehead atoms. The molecule has 0 spiro atoms. The van der Waals surface area contributed by atoms with Crippen LogP contribution in [-0.4, -0.2) is 15.7 Å². The molecule has 3 aromatic rings. The van der Waals surface area contributed by atoms with E-state index in [0.717, 1.165) is 29.0 Å². The summed E-state index contributed by atoms with van der Waals surface area (Å²) in [7, 11) is 0. The first-order valence-corrected chi connectivity index (χ1v) is 9.31. The van der Waals surface area contributed by atoms with Crippen molar-refractivity contribution in [3.8, 4) is 5.75 Å². The van der Waals surface area contributed by atoms with Crippen LogP contribution in [0.5, 0.6) is 5.75 Å². The molecule has 0 saturated carbocycles. The van der Waals surface area contributed by atoms with Crippen molar-refractivity contribution in [2.24, 2.45) is 5.10 Å². The molecule has 0 N–H and O–H groups in total. The number of hydrogen-bond donors (Lipinski definition) is 0. The molecule has 0 radical (unpaired) electrons. The van der Waals surface area contributed by atoms with Gasteiger partial charge >= 0.3 is 0 Å². The molecule has 2 atom stereocenters. The van der Waals surface area contributed by atoms with E-state index < -0.39 is 0 Å². The molecular weight excluding hydrogens is 354 g/mol. The van der Waals surface area contributed by atoms with Crippen molar-refractivity contribution < 1.29 is 4.74 Å². The van der Waals surface area contributed by atoms with Gasteiger partial charge in [-0.15, -0.1) is 11.3 Å². The average molecular weight is 368 g/mol. The standard InChI is InChI=1S/C19H14ClN3OS/c20-13-5-6-17-14(9-13)16-10-15(18-4-2-8-25-18)22-23(16)19(24-17)12-3-1-7-21-11-12/h1-9,11,16,19H,10H2/t16-,19+/m0/s1. The van der Waals surface area contributed by atoms with E-state index in [4.69, 9.17) is 21.4 Å². The minimum atomic E-state index is -0.287. The first-order chi connectivity index (χ1) is 12.3. The number of hydrogen-bond acceptors (Lipinski definition) is 5. The van der Waals surface area contributed by atoms with E-state index in [9.17, 15) is 0 Å². The Balaban J connectivity index is 1.62. The normalized spacial score (nSPS) is 21.3. The van der Waals surface area contributed by atoms with Crippen LogP contribution in [-0.2, 0) is 0 Å². The summed E-state index contributed by atoms with van der Waals surface area (Å²) in [5.74, 6) is 0.863. The third-order valence-corrected chi connectivity index (χ3v) is 5.68. The van der Waals surface area contributed by atoms with Crippen LogP contribution in [0.2, 0.25) is 5.02 Å². The van der Waals surface area contributed by atoms with E-state index in [2.05, 4.69) is 22.5 Å². The maximum Gasteiger partial charge on any atom is 0.215 e. The van der Waals surface area contributed by atoms with Crippen molar-refractivity contribution in [1.82, 2.24) is 9.99 Å². The van der Waals surface area contributed by atoms with Gasteiger partial charge in [-0.2, -0.15) is 5.10 Å². The number of ether oxygens (including phenoxy) is 1. The number of thiophene rings is 1. The van der Waals surface area contributed by atoms with Crippen LogP contribution in [0, 0.1) is 0 Å². The Hall–Kier alpha value is -2.37. The number of hydrazone groups is 1. The zero-order valence-corrected chi connectivity index (χ0v) is 14.7. The van der Waals surface area contributed by atoms with Crippen LogP contribution in [0.1, 0.15) is 34.7 Å². The van der Waals surface area contributed by atoms with Gasteiger partial charge in [0.2, 0.25) is 6.23 Å². The van der Waals surface area contributed by atoms with Crippen LogP contribution in [0.4, 0.5) is 0 Å². The molecule has 4 nitrogen and oxygen atoms in total. The summed E-state index contributed by atoms with van der Waals surface area (Å²) in [6.07, 6.45) is 4.15. The Morgan fingerprint density at radius 2 is 2.16 bits per heavy atom. The second-order valence-corrected chi connectivity index (χ2v) is 7.45. The Morgan fingerprint density at radius 3 is 2.96 bits per heavy atom. The summed E-state index contributed by atoms with van der Waals surface area (Å²) < 4.78 is 6.28. The van der Waals surface area contributed by atoms with Gasteiger partial charge in [-0.3, -0.25) is 4.98 Å². The van der Waals surface area contributed by atoms with Gasteiger partial charge in [0, 0.05) is 35.0 Å². The number of benzene rings is 1. The van der Waals surface area contributed by atoms with Gasteiger partial charge in [-0.25, -0.2) is 5.01 Å². The number of halogens is 1. The molecule has 0 fully saturated rings. The van der Waals surface area contributed by atoms with Gasteiger partial charge in [0.1, 0.15) is 5.75 Å². The second kappa shape index (κ2) is 5.86. The number of aromatic nitrogens is 1. The van der Waals surface area contributed by atoms with Crippen molar-refractivity contribution in [2.75, 3.05) is 0 Å². The Kier molecular flexibility index (Phi) is 3.50. The van der Waals surface area contributed by atoms with Gasteiger partial charge in [0.05, 0.1) is 16.6 Å². The number of nitrogens with zero attached hydrogens (tertiary/aromatic N) is 3. The maximum atomic E-state index is 6.28. The van der Waals surface area contributed by atoms with E-state index in [-0.39, 0.29) is 12.3 Å². The minimum Gasteiger partial charge on any atom is -0.464 e. The van der Waals surface area contributed by atoms with Crippen LogP contribution < -0.4 is 4.74 Å². The molecule has 0 unspecified atom stereocenters. The highest BCUT2D eigenvalue weighted by Crippen LogP contribution is 2.48. The van der Waals surface area contributed by atoms with Crippen molar-refractivity contribution in [1.29, 1.82) is 0 Å². The molecule has 25 heavy (non-hydrogen) atoms. The molecule has 0 aliphatic carbocycles. The summed E-state index contributed by atoms with van der Waals surface area (Å²) >= 11 is 7.95. The Bertz CT molecular complexity index is 943. The van der Waals surface area contributed by atoms with Crippen LogP contribution >= 0.6 is 22.9 Å². The lowest BCUT2D eigenvalue weighted by atomic mass is 9.98. The SMILES string of the molecule is Clc1ccc2c(c1)[C@@H]1CC(c3cccs3)=NN1[C@@H](c1cccnc1)O2. The zero-order chi connectivity index (χ0) is 16.8. The molecule has 1 aromatic carbocycles. The number of pyridine rings is 1. The highest BCUT2D eigenvalue weighted by Gasteiger charge is 2.41. The van der Waals surface area contributed by atoms with Crippen molar-refractivity contribution in [3.63, 3.8) is 0 Å². The van der Waals surface area contributed by atoms with E-state index in [0.29, 0.717) is 5.02 Å². The van der Waals surface area contributed by atoms with E-state index >= 15 is 0 Å². The molecule has 2 aliphatic rings. The van der Waals surface area contributed by atoms with E-state index in [1.807, 2.05) is 41.5 Å². The fraction of sp³-hybridized carbons (Fsp3) is 0.158. The van der Waals surface area contributed by atoms with Gasteiger partial charge < -0.3 is 4.74 Å². The van der Waals surface area contributed by atoms with E-state index in [1.165, 1.54) is 4.88 Å². The van der Waals surface area contributed by atoms with Gasteiger partial charge in [-0.05, 0) is 35.7 Å². The van der Waals surface area contributed by atoms with Crippen molar-refractivity contribution in [3.05, 3.63) is 81.3 Å². The smallest absolute Gasteiger partial charge is 0.215 e. The Labute approximate surface area is 154 Å². The van der Waals surface area contributed by atoms with Gasteiger partial charge in [0.25, 0.3) is 0 Å². The minimum absolute atomic E-state index is 0.116. The summed E-state index contributed by atoms with van der Waals surface area (Å²) in [5.41, 5.74) is 3.16. The fourth-order valence-electron chi connectivity index (χ4n) is 3.39. The fourth-order valence-corrected chi connectivity index (χ4v) is 4.29. The molecular formula is C19H14ClN3OS. The second-order valence-electron chi connectivity index (χ2n) is 6.06. The monoisotopic (exact) mass is 367 g/mol. The summed E-state index contributed by atoms with van der Waals surface area (Å²) in [6, 6.07) is 14.0. The third kappa shape index (κ3) is 2.51.